The van der Waals surface area contributed by atoms with E-state index in [0.717, 1.165) is 28.1 Å². The Bertz CT molecular complexity index is 1590. The maximum absolute atomic E-state index is 14.4. The van der Waals surface area contributed by atoms with Crippen molar-refractivity contribution < 1.29 is 18.8 Å². The zero-order valence-electron chi connectivity index (χ0n) is 22.7. The van der Waals surface area contributed by atoms with Crippen LogP contribution >= 0.6 is 11.8 Å². The summed E-state index contributed by atoms with van der Waals surface area (Å²) in [5, 5.41) is 8.39. The Labute approximate surface area is 243 Å². The van der Waals surface area contributed by atoms with E-state index in [1.807, 2.05) is 38.1 Å². The summed E-state index contributed by atoms with van der Waals surface area (Å²) >= 11 is 1.33. The first-order valence-corrected chi connectivity index (χ1v) is 14.1. The highest BCUT2D eigenvalue weighted by molar-refractivity contribution is 8.00. The molecule has 3 amide bonds. The number of hydrogen-bond donors (Lipinski definition) is 3. The van der Waals surface area contributed by atoms with Crippen molar-refractivity contribution in [2.75, 3.05) is 16.4 Å². The van der Waals surface area contributed by atoms with Gasteiger partial charge in [-0.3, -0.25) is 14.4 Å². The van der Waals surface area contributed by atoms with Gasteiger partial charge in [0.1, 0.15) is 11.5 Å². The molecule has 0 aliphatic carbocycles. The molecule has 4 aromatic rings. The van der Waals surface area contributed by atoms with Crippen LogP contribution in [-0.4, -0.2) is 23.5 Å². The van der Waals surface area contributed by atoms with Gasteiger partial charge in [-0.1, -0.05) is 67.6 Å². The van der Waals surface area contributed by atoms with Gasteiger partial charge in [-0.25, -0.2) is 4.39 Å². The molecule has 0 bridgehead atoms. The molecule has 0 heterocycles. The van der Waals surface area contributed by atoms with Crippen molar-refractivity contribution >= 4 is 46.9 Å². The van der Waals surface area contributed by atoms with E-state index in [2.05, 4.69) is 16.0 Å². The number of aryl methyl sites for hydroxylation is 2. The van der Waals surface area contributed by atoms with Crippen LogP contribution < -0.4 is 16.0 Å². The standard InChI is InChI=1S/C33H30FN3O3S/c1-3-23-15-9-11-22(2)31(23)37-30(38)21-41-27-17-10-16-26(20-27)35-33(40)29(19-25-14-7-8-18-28(25)34)36-32(39)24-12-5-4-6-13-24/h4-20H,3,21H2,1-2H3,(H,35,40)(H,36,39)(H,37,38)/b29-19-. The molecule has 4 rings (SSSR count). The predicted molar refractivity (Wildman–Crippen MR) is 163 cm³/mol. The second kappa shape index (κ2) is 14.1. The van der Waals surface area contributed by atoms with Crippen LogP contribution in [0.25, 0.3) is 6.08 Å². The van der Waals surface area contributed by atoms with Crippen LogP contribution in [0.4, 0.5) is 15.8 Å². The summed E-state index contributed by atoms with van der Waals surface area (Å²) in [5.74, 6) is -1.60. The Morgan fingerprint density at radius 3 is 2.34 bits per heavy atom. The van der Waals surface area contributed by atoms with E-state index in [-0.39, 0.29) is 22.9 Å². The topological polar surface area (TPSA) is 87.3 Å². The van der Waals surface area contributed by atoms with Gasteiger partial charge < -0.3 is 16.0 Å². The van der Waals surface area contributed by atoms with Gasteiger partial charge in [-0.15, -0.1) is 11.8 Å². The van der Waals surface area contributed by atoms with Gasteiger partial charge in [-0.05, 0) is 66.9 Å². The van der Waals surface area contributed by atoms with Crippen LogP contribution in [0.2, 0.25) is 0 Å². The van der Waals surface area contributed by atoms with Crippen LogP contribution in [0.3, 0.4) is 0 Å². The third kappa shape index (κ3) is 8.16. The average Bonchev–Trinajstić information content (AvgIpc) is 2.98. The van der Waals surface area contributed by atoms with Crippen molar-refractivity contribution in [2.45, 2.75) is 25.2 Å². The number of amides is 3. The van der Waals surface area contributed by atoms with Crippen LogP contribution in [0, 0.1) is 12.7 Å². The van der Waals surface area contributed by atoms with Gasteiger partial charge in [0.05, 0.1) is 5.75 Å². The Kier molecular flexibility index (Phi) is 10.1. The van der Waals surface area contributed by atoms with Crippen molar-refractivity contribution in [2.24, 2.45) is 0 Å². The van der Waals surface area contributed by atoms with Crippen molar-refractivity contribution in [3.05, 3.63) is 131 Å². The van der Waals surface area contributed by atoms with E-state index < -0.39 is 17.6 Å². The third-order valence-electron chi connectivity index (χ3n) is 6.20. The lowest BCUT2D eigenvalue weighted by atomic mass is 10.1. The van der Waals surface area contributed by atoms with Gasteiger partial charge in [0.25, 0.3) is 11.8 Å². The van der Waals surface area contributed by atoms with E-state index in [1.54, 1.807) is 60.7 Å². The van der Waals surface area contributed by atoms with Crippen molar-refractivity contribution in [3.63, 3.8) is 0 Å². The van der Waals surface area contributed by atoms with Crippen LogP contribution in [0.15, 0.2) is 108 Å². The number of para-hydroxylation sites is 1. The molecular weight excluding hydrogens is 537 g/mol. The average molecular weight is 568 g/mol. The van der Waals surface area contributed by atoms with Crippen LogP contribution in [0.5, 0.6) is 0 Å². The van der Waals surface area contributed by atoms with E-state index in [4.69, 9.17) is 0 Å². The second-order valence-corrected chi connectivity index (χ2v) is 10.2. The Morgan fingerprint density at radius 2 is 1.59 bits per heavy atom. The predicted octanol–water partition coefficient (Wildman–Crippen LogP) is 6.84. The highest BCUT2D eigenvalue weighted by atomic mass is 32.2. The number of nitrogens with one attached hydrogen (secondary N) is 3. The zero-order valence-corrected chi connectivity index (χ0v) is 23.6. The van der Waals surface area contributed by atoms with E-state index in [0.29, 0.717) is 11.3 Å². The minimum Gasteiger partial charge on any atom is -0.325 e. The molecule has 6 nitrogen and oxygen atoms in total. The van der Waals surface area contributed by atoms with Crippen molar-refractivity contribution in [1.29, 1.82) is 0 Å². The molecule has 41 heavy (non-hydrogen) atoms. The first-order chi connectivity index (χ1) is 19.8. The van der Waals surface area contributed by atoms with Gasteiger partial charge in [0, 0.05) is 27.4 Å². The summed E-state index contributed by atoms with van der Waals surface area (Å²) in [7, 11) is 0. The molecule has 0 radical (unpaired) electrons. The number of benzene rings is 4. The largest absolute Gasteiger partial charge is 0.325 e. The normalized spacial score (nSPS) is 11.0. The maximum Gasteiger partial charge on any atom is 0.272 e. The lowest BCUT2D eigenvalue weighted by Gasteiger charge is -2.13. The van der Waals surface area contributed by atoms with Gasteiger partial charge in [0.15, 0.2) is 0 Å². The molecule has 0 aliphatic rings. The monoisotopic (exact) mass is 567 g/mol. The van der Waals surface area contributed by atoms with Crippen LogP contribution in [-0.2, 0) is 16.0 Å². The molecule has 3 N–H and O–H groups in total. The minimum atomic E-state index is -0.621. The summed E-state index contributed by atoms with van der Waals surface area (Å²) < 4.78 is 14.4. The molecule has 0 saturated heterocycles. The molecule has 4 aromatic carbocycles. The van der Waals surface area contributed by atoms with Gasteiger partial charge in [-0.2, -0.15) is 0 Å². The first kappa shape index (κ1) is 29.3. The summed E-state index contributed by atoms with van der Waals surface area (Å²) in [6.45, 7) is 4.01. The SMILES string of the molecule is CCc1cccc(C)c1NC(=O)CSc1cccc(NC(=O)/C(=C/c2ccccc2F)NC(=O)c2ccccc2)c1. The highest BCUT2D eigenvalue weighted by Gasteiger charge is 2.16. The van der Waals surface area contributed by atoms with Gasteiger partial charge in [0.2, 0.25) is 5.91 Å². The number of carbonyl (C=O) groups is 3. The number of rotatable bonds is 10. The Hall–Kier alpha value is -4.69. The zero-order chi connectivity index (χ0) is 29.2. The third-order valence-corrected chi connectivity index (χ3v) is 7.19. The van der Waals surface area contributed by atoms with Crippen molar-refractivity contribution in [3.8, 4) is 0 Å². The summed E-state index contributed by atoms with van der Waals surface area (Å²) in [6, 6.07) is 27.4. The number of anilines is 2. The fraction of sp³-hybridized carbons (Fsp3) is 0.121. The second-order valence-electron chi connectivity index (χ2n) is 9.18. The smallest absolute Gasteiger partial charge is 0.272 e. The number of hydrogen-bond acceptors (Lipinski definition) is 4. The molecule has 0 aromatic heterocycles. The lowest BCUT2D eigenvalue weighted by molar-refractivity contribution is -0.114. The molecule has 8 heteroatoms. The first-order valence-electron chi connectivity index (χ1n) is 13.1. The molecule has 0 unspecified atom stereocenters. The summed E-state index contributed by atoms with van der Waals surface area (Å²) in [5.41, 5.74) is 3.77. The molecule has 0 fully saturated rings. The Balaban J connectivity index is 1.46. The number of halogens is 1. The number of thioether (sulfide) groups is 1. The lowest BCUT2D eigenvalue weighted by Crippen LogP contribution is -2.30. The van der Waals surface area contributed by atoms with Crippen molar-refractivity contribution in [1.82, 2.24) is 5.32 Å². The molecule has 0 atom stereocenters. The van der Waals surface area contributed by atoms with E-state index in [9.17, 15) is 18.8 Å². The fourth-order valence-electron chi connectivity index (χ4n) is 4.08. The molecule has 0 saturated carbocycles. The fourth-order valence-corrected chi connectivity index (χ4v) is 4.83. The van der Waals surface area contributed by atoms with E-state index >= 15 is 0 Å². The summed E-state index contributed by atoms with van der Waals surface area (Å²) in [4.78, 5) is 39.6. The summed E-state index contributed by atoms with van der Waals surface area (Å²) in [6.07, 6.45) is 2.11. The van der Waals surface area contributed by atoms with Crippen LogP contribution in [0.1, 0.15) is 34.0 Å². The highest BCUT2D eigenvalue weighted by Crippen LogP contribution is 2.25. The molecule has 208 valence electrons. The molecular formula is C33H30FN3O3S. The quantitative estimate of drug-likeness (QED) is 0.145. The number of carbonyl (C=O) groups excluding carboxylic acids is 3. The Morgan fingerprint density at radius 1 is 0.854 bits per heavy atom. The molecule has 0 spiro atoms. The molecule has 0 aliphatic heterocycles. The van der Waals surface area contributed by atoms with Gasteiger partial charge >= 0.3 is 0 Å². The minimum absolute atomic E-state index is 0.119. The van der Waals surface area contributed by atoms with E-state index in [1.165, 1.54) is 30.0 Å². The maximum atomic E-state index is 14.4.